The normalized spacial score (nSPS) is 11.9. The summed E-state index contributed by atoms with van der Waals surface area (Å²) in [5.74, 6) is -5.14. The number of carbonyl (C=O) groups is 5. The Kier molecular flexibility index (Phi) is 15.3. The molecule has 0 aliphatic carbocycles. The second-order valence-corrected chi connectivity index (χ2v) is 10.2. The quantitative estimate of drug-likeness (QED) is 0.119. The van der Waals surface area contributed by atoms with Crippen LogP contribution in [-0.4, -0.2) is 128 Å². The smallest absolute Gasteiger partial charge is 0.317 e. The van der Waals surface area contributed by atoms with E-state index >= 15 is 0 Å². The van der Waals surface area contributed by atoms with Crippen LogP contribution in [0.2, 0.25) is 0 Å². The molecular formula is C30H39N3O11. The largest absolute Gasteiger partial charge is 0.489 e. The van der Waals surface area contributed by atoms with Gasteiger partial charge in [-0.2, -0.15) is 0 Å². The molecule has 0 spiro atoms. The molecule has 1 atom stereocenters. The Morgan fingerprint density at radius 1 is 0.591 bits per heavy atom. The monoisotopic (exact) mass is 617 g/mol. The van der Waals surface area contributed by atoms with Crippen LogP contribution in [0.3, 0.4) is 0 Å². The Bertz CT molecular complexity index is 1220. The molecule has 0 aliphatic heterocycles. The van der Waals surface area contributed by atoms with Gasteiger partial charge in [0.1, 0.15) is 12.4 Å². The van der Waals surface area contributed by atoms with E-state index < -0.39 is 55.5 Å². The van der Waals surface area contributed by atoms with E-state index in [0.717, 1.165) is 11.1 Å². The Morgan fingerprint density at radius 3 is 1.66 bits per heavy atom. The minimum Gasteiger partial charge on any atom is -0.489 e. The number of benzene rings is 2. The highest BCUT2D eigenvalue weighted by Gasteiger charge is 2.25. The highest BCUT2D eigenvalue weighted by Crippen LogP contribution is 2.18. The van der Waals surface area contributed by atoms with Crippen LogP contribution in [0, 0.1) is 0 Å². The molecular weight excluding hydrogens is 578 g/mol. The fraction of sp³-hybridized carbons (Fsp3) is 0.433. The molecule has 0 saturated heterocycles. The Hall–Kier alpha value is -4.53. The van der Waals surface area contributed by atoms with Crippen molar-refractivity contribution < 1.29 is 54.2 Å². The number of aliphatic carboxylic acids is 5. The van der Waals surface area contributed by atoms with Gasteiger partial charge < -0.3 is 30.3 Å². The molecule has 0 aromatic heterocycles. The molecule has 14 heteroatoms. The third-order valence-electron chi connectivity index (χ3n) is 6.70. The van der Waals surface area contributed by atoms with Gasteiger partial charge in [0, 0.05) is 38.8 Å². The van der Waals surface area contributed by atoms with E-state index in [9.17, 15) is 39.3 Å². The molecule has 14 nitrogen and oxygen atoms in total. The van der Waals surface area contributed by atoms with Gasteiger partial charge in [-0.3, -0.25) is 38.7 Å². The molecule has 2 aromatic carbocycles. The first-order valence-corrected chi connectivity index (χ1v) is 13.9. The number of hydrogen-bond acceptors (Lipinski definition) is 9. The van der Waals surface area contributed by atoms with Crippen LogP contribution in [0.1, 0.15) is 24.0 Å². The lowest BCUT2D eigenvalue weighted by molar-refractivity contribution is -0.143. The lowest BCUT2D eigenvalue weighted by atomic mass is 10.0. The summed E-state index contributed by atoms with van der Waals surface area (Å²) < 4.78 is 5.80. The predicted molar refractivity (Wildman–Crippen MR) is 157 cm³/mol. The molecule has 0 amide bonds. The van der Waals surface area contributed by atoms with Crippen molar-refractivity contribution in [2.45, 2.75) is 31.9 Å². The number of carboxylic acid groups (broad SMARTS) is 5. The summed E-state index contributed by atoms with van der Waals surface area (Å²) in [6.45, 7) is -0.853. The average molecular weight is 618 g/mol. The van der Waals surface area contributed by atoms with Crippen LogP contribution in [-0.2, 0) is 37.0 Å². The topological polar surface area (TPSA) is 205 Å². The zero-order chi connectivity index (χ0) is 32.5. The van der Waals surface area contributed by atoms with Gasteiger partial charge >= 0.3 is 29.8 Å². The van der Waals surface area contributed by atoms with Gasteiger partial charge in [0.25, 0.3) is 0 Å². The maximum absolute atomic E-state index is 11.7. The minimum atomic E-state index is -1.18. The molecule has 0 heterocycles. The molecule has 2 aromatic rings. The molecule has 0 fully saturated rings. The second-order valence-electron chi connectivity index (χ2n) is 10.2. The van der Waals surface area contributed by atoms with Gasteiger partial charge in [-0.1, -0.05) is 42.5 Å². The van der Waals surface area contributed by atoms with Crippen LogP contribution in [0.5, 0.6) is 5.75 Å². The molecule has 0 radical (unpaired) electrons. The van der Waals surface area contributed by atoms with Crippen molar-refractivity contribution in [1.29, 1.82) is 0 Å². The molecule has 0 saturated carbocycles. The zero-order valence-corrected chi connectivity index (χ0v) is 24.3. The van der Waals surface area contributed by atoms with Crippen LogP contribution < -0.4 is 4.74 Å². The summed E-state index contributed by atoms with van der Waals surface area (Å²) >= 11 is 0. The summed E-state index contributed by atoms with van der Waals surface area (Å²) in [5, 5.41) is 46.7. The number of ether oxygens (including phenoxy) is 1. The molecule has 240 valence electrons. The standard InChI is InChI=1S/C30H39N3O11/c34-26(35)10-11-31(18-28(38)39)12-13-32(19-29(40)41)14-15-33(20-30(42)43)24(17-27(36)37)16-22-6-8-25(9-7-22)44-21-23-4-2-1-3-5-23/h1-9,24H,10-21H2,(H,34,35)(H,36,37)(H,38,39)(H,40,41)(H,42,43). The highest BCUT2D eigenvalue weighted by atomic mass is 16.5. The van der Waals surface area contributed by atoms with Crippen molar-refractivity contribution in [3.8, 4) is 5.75 Å². The molecule has 5 N–H and O–H groups in total. The van der Waals surface area contributed by atoms with E-state index in [1.54, 1.807) is 24.3 Å². The van der Waals surface area contributed by atoms with Gasteiger partial charge in [-0.15, -0.1) is 0 Å². The van der Waals surface area contributed by atoms with Crippen molar-refractivity contribution in [3.63, 3.8) is 0 Å². The van der Waals surface area contributed by atoms with Crippen molar-refractivity contribution >= 4 is 29.8 Å². The molecule has 44 heavy (non-hydrogen) atoms. The lowest BCUT2D eigenvalue weighted by Crippen LogP contribution is -2.47. The summed E-state index contributed by atoms with van der Waals surface area (Å²) in [4.78, 5) is 61.5. The van der Waals surface area contributed by atoms with Crippen LogP contribution in [0.15, 0.2) is 54.6 Å². The lowest BCUT2D eigenvalue weighted by Gasteiger charge is -2.32. The van der Waals surface area contributed by atoms with Crippen molar-refractivity contribution in [2.24, 2.45) is 0 Å². The molecule has 2 rings (SSSR count). The van der Waals surface area contributed by atoms with E-state index in [-0.39, 0.29) is 52.0 Å². The van der Waals surface area contributed by atoms with E-state index in [2.05, 4.69) is 0 Å². The Balaban J connectivity index is 2.11. The third-order valence-corrected chi connectivity index (χ3v) is 6.70. The number of carboxylic acids is 5. The highest BCUT2D eigenvalue weighted by molar-refractivity contribution is 5.71. The summed E-state index contributed by atoms with van der Waals surface area (Å²) in [6.07, 6.45) is -0.450. The van der Waals surface area contributed by atoms with E-state index in [1.807, 2.05) is 30.3 Å². The zero-order valence-electron chi connectivity index (χ0n) is 24.3. The summed E-state index contributed by atoms with van der Waals surface area (Å²) in [6, 6.07) is 15.9. The first kappa shape index (κ1) is 35.7. The summed E-state index contributed by atoms with van der Waals surface area (Å²) in [5.41, 5.74) is 1.75. The fourth-order valence-electron chi connectivity index (χ4n) is 4.56. The predicted octanol–water partition coefficient (Wildman–Crippen LogP) is 1.29. The average Bonchev–Trinajstić information content (AvgIpc) is 2.95. The van der Waals surface area contributed by atoms with E-state index in [0.29, 0.717) is 12.4 Å². The number of hydrogen-bond donors (Lipinski definition) is 5. The summed E-state index contributed by atoms with van der Waals surface area (Å²) in [7, 11) is 0. The third kappa shape index (κ3) is 15.1. The molecule has 0 bridgehead atoms. The fourth-order valence-corrected chi connectivity index (χ4v) is 4.56. The maximum atomic E-state index is 11.7. The molecule has 1 unspecified atom stereocenters. The minimum absolute atomic E-state index is 0.0177. The molecule has 0 aliphatic rings. The van der Waals surface area contributed by atoms with Gasteiger partial charge in [0.2, 0.25) is 0 Å². The Morgan fingerprint density at radius 2 is 1.14 bits per heavy atom. The number of rotatable bonds is 23. The second kappa shape index (κ2) is 18.9. The maximum Gasteiger partial charge on any atom is 0.317 e. The van der Waals surface area contributed by atoms with Crippen molar-refractivity contribution in [1.82, 2.24) is 14.7 Å². The first-order chi connectivity index (χ1) is 20.9. The Labute approximate surface area is 254 Å². The van der Waals surface area contributed by atoms with E-state index in [1.165, 1.54) is 14.7 Å². The van der Waals surface area contributed by atoms with Crippen LogP contribution >= 0.6 is 0 Å². The van der Waals surface area contributed by atoms with Gasteiger partial charge in [-0.25, -0.2) is 0 Å². The number of nitrogens with zero attached hydrogens (tertiary/aromatic N) is 3. The van der Waals surface area contributed by atoms with Gasteiger partial charge in [0.15, 0.2) is 0 Å². The van der Waals surface area contributed by atoms with E-state index in [4.69, 9.17) is 14.9 Å². The van der Waals surface area contributed by atoms with Crippen molar-refractivity contribution in [2.75, 3.05) is 52.4 Å². The SMILES string of the molecule is O=C(O)CCN(CCN(CCN(CC(=O)O)C(CC(=O)O)Cc1ccc(OCc2ccccc2)cc1)CC(=O)O)CC(=O)O. The first-order valence-electron chi connectivity index (χ1n) is 13.9. The van der Waals surface area contributed by atoms with Gasteiger partial charge in [-0.05, 0) is 29.7 Å². The van der Waals surface area contributed by atoms with Gasteiger partial charge in [0.05, 0.1) is 32.5 Å². The van der Waals surface area contributed by atoms with Crippen LogP contribution in [0.4, 0.5) is 0 Å². The van der Waals surface area contributed by atoms with Crippen LogP contribution in [0.25, 0.3) is 0 Å². The van der Waals surface area contributed by atoms with Crippen molar-refractivity contribution in [3.05, 3.63) is 65.7 Å².